The van der Waals surface area contributed by atoms with Gasteiger partial charge >= 0.3 is 5.97 Å². The maximum Gasteiger partial charge on any atom is 0.337 e. The molecule has 0 aliphatic carbocycles. The molecule has 1 fully saturated rings. The molecule has 2 aromatic rings. The molecule has 7 heteroatoms. The Balaban J connectivity index is 1.71. The van der Waals surface area contributed by atoms with Crippen LogP contribution >= 0.6 is 0 Å². The Hall–Kier alpha value is -3.35. The van der Waals surface area contributed by atoms with E-state index in [9.17, 15) is 14.4 Å². The molecule has 1 atom stereocenters. The molecule has 7 nitrogen and oxygen atoms in total. The van der Waals surface area contributed by atoms with Gasteiger partial charge in [0, 0.05) is 30.4 Å². The van der Waals surface area contributed by atoms with E-state index in [1.807, 2.05) is 0 Å². The summed E-state index contributed by atoms with van der Waals surface area (Å²) in [6, 6.07) is 13.6. The average molecular weight is 368 g/mol. The summed E-state index contributed by atoms with van der Waals surface area (Å²) >= 11 is 0. The van der Waals surface area contributed by atoms with Crippen LogP contribution in [0, 0.1) is 5.92 Å². The summed E-state index contributed by atoms with van der Waals surface area (Å²) in [6.07, 6.45) is 0.109. The Bertz CT molecular complexity index is 880. The molecule has 1 saturated heterocycles. The molecule has 1 aliphatic heterocycles. The predicted molar refractivity (Wildman–Crippen MR) is 99.9 cm³/mol. The van der Waals surface area contributed by atoms with Crippen LogP contribution in [0.25, 0.3) is 0 Å². The molecule has 0 saturated carbocycles. The van der Waals surface area contributed by atoms with E-state index in [2.05, 4.69) is 5.32 Å². The number of ether oxygens (including phenoxy) is 2. The van der Waals surface area contributed by atoms with Crippen LogP contribution in [0.2, 0.25) is 0 Å². The fourth-order valence-corrected chi connectivity index (χ4v) is 3.00. The molecule has 0 spiro atoms. The highest BCUT2D eigenvalue weighted by atomic mass is 16.5. The van der Waals surface area contributed by atoms with Crippen LogP contribution in [0.1, 0.15) is 16.8 Å². The summed E-state index contributed by atoms with van der Waals surface area (Å²) in [7, 11) is 2.85. The maximum absolute atomic E-state index is 12.6. The third-order valence-corrected chi connectivity index (χ3v) is 4.41. The van der Waals surface area contributed by atoms with Crippen molar-refractivity contribution in [3.63, 3.8) is 0 Å². The molecule has 3 rings (SSSR count). The topological polar surface area (TPSA) is 84.9 Å². The van der Waals surface area contributed by atoms with E-state index in [1.165, 1.54) is 12.0 Å². The zero-order valence-electron chi connectivity index (χ0n) is 15.1. The van der Waals surface area contributed by atoms with Gasteiger partial charge in [0.1, 0.15) is 5.75 Å². The minimum absolute atomic E-state index is 0.109. The van der Waals surface area contributed by atoms with Crippen molar-refractivity contribution in [2.45, 2.75) is 6.42 Å². The van der Waals surface area contributed by atoms with Gasteiger partial charge in [-0.1, -0.05) is 12.1 Å². The Morgan fingerprint density at radius 1 is 1.11 bits per heavy atom. The second-order valence-electron chi connectivity index (χ2n) is 6.17. The highest BCUT2D eigenvalue weighted by Crippen LogP contribution is 2.27. The van der Waals surface area contributed by atoms with Gasteiger partial charge in [-0.15, -0.1) is 0 Å². The van der Waals surface area contributed by atoms with Gasteiger partial charge in [0.05, 0.1) is 25.7 Å². The molecule has 140 valence electrons. The maximum atomic E-state index is 12.6. The molecule has 27 heavy (non-hydrogen) atoms. The molecular weight excluding hydrogens is 348 g/mol. The van der Waals surface area contributed by atoms with Crippen molar-refractivity contribution in [1.82, 2.24) is 0 Å². The Labute approximate surface area is 156 Å². The van der Waals surface area contributed by atoms with E-state index in [0.717, 1.165) is 0 Å². The predicted octanol–water partition coefficient (Wildman–Crippen LogP) is 2.47. The molecule has 1 unspecified atom stereocenters. The number of nitrogens with zero attached hydrogens (tertiary/aromatic N) is 1. The quantitative estimate of drug-likeness (QED) is 0.820. The smallest absolute Gasteiger partial charge is 0.337 e. The fraction of sp³-hybridized carbons (Fsp3) is 0.250. The Morgan fingerprint density at radius 2 is 1.89 bits per heavy atom. The van der Waals surface area contributed by atoms with Crippen LogP contribution in [0.15, 0.2) is 48.5 Å². The number of hydrogen-bond acceptors (Lipinski definition) is 5. The summed E-state index contributed by atoms with van der Waals surface area (Å²) < 4.78 is 9.85. The van der Waals surface area contributed by atoms with Crippen LogP contribution in [-0.4, -0.2) is 38.5 Å². The third-order valence-electron chi connectivity index (χ3n) is 4.41. The number of hydrogen-bond donors (Lipinski definition) is 1. The molecule has 2 aromatic carbocycles. The van der Waals surface area contributed by atoms with Crippen molar-refractivity contribution in [1.29, 1.82) is 0 Å². The number of rotatable bonds is 5. The van der Waals surface area contributed by atoms with E-state index < -0.39 is 11.9 Å². The van der Waals surface area contributed by atoms with E-state index in [-0.39, 0.29) is 24.8 Å². The van der Waals surface area contributed by atoms with Gasteiger partial charge < -0.3 is 19.7 Å². The molecule has 1 heterocycles. The largest absolute Gasteiger partial charge is 0.497 e. The van der Waals surface area contributed by atoms with Gasteiger partial charge in [-0.3, -0.25) is 9.59 Å². The zero-order valence-corrected chi connectivity index (χ0v) is 15.1. The number of benzene rings is 2. The van der Waals surface area contributed by atoms with Crippen molar-refractivity contribution in [2.75, 3.05) is 31.0 Å². The summed E-state index contributed by atoms with van der Waals surface area (Å²) in [4.78, 5) is 38.2. The van der Waals surface area contributed by atoms with E-state index in [1.54, 1.807) is 55.6 Å². The first kappa shape index (κ1) is 18.4. The normalized spacial score (nSPS) is 16.1. The first-order valence-electron chi connectivity index (χ1n) is 8.45. The highest BCUT2D eigenvalue weighted by molar-refractivity contribution is 6.04. The van der Waals surface area contributed by atoms with E-state index in [4.69, 9.17) is 9.47 Å². The molecule has 2 amide bonds. The summed E-state index contributed by atoms with van der Waals surface area (Å²) in [5.41, 5.74) is 1.53. The molecule has 1 aliphatic rings. The lowest BCUT2D eigenvalue weighted by atomic mass is 10.1. The lowest BCUT2D eigenvalue weighted by molar-refractivity contribution is -0.122. The number of anilines is 2. The second-order valence-corrected chi connectivity index (χ2v) is 6.17. The van der Waals surface area contributed by atoms with Crippen LogP contribution in [0.5, 0.6) is 5.75 Å². The van der Waals surface area contributed by atoms with Crippen LogP contribution in [0.4, 0.5) is 11.4 Å². The molecule has 1 N–H and O–H groups in total. The van der Waals surface area contributed by atoms with Gasteiger partial charge in [-0.2, -0.15) is 0 Å². The standard InChI is InChI=1S/C20H20N2O5/c1-26-17-8-4-6-15(11-17)21-19(24)14-10-18(23)22(12-14)16-7-3-5-13(9-16)20(25)27-2/h3-9,11,14H,10,12H2,1-2H3,(H,21,24). The van der Waals surface area contributed by atoms with Gasteiger partial charge in [-0.25, -0.2) is 4.79 Å². The zero-order chi connectivity index (χ0) is 19.4. The number of esters is 1. The van der Waals surface area contributed by atoms with Crippen molar-refractivity contribution < 1.29 is 23.9 Å². The minimum Gasteiger partial charge on any atom is -0.497 e. The Kier molecular flexibility index (Phi) is 5.40. The molecular formula is C20H20N2O5. The van der Waals surface area contributed by atoms with Crippen LogP contribution < -0.4 is 15.0 Å². The van der Waals surface area contributed by atoms with E-state index >= 15 is 0 Å². The van der Waals surface area contributed by atoms with Gasteiger partial charge in [0.25, 0.3) is 0 Å². The lowest BCUT2D eigenvalue weighted by Gasteiger charge is -2.17. The van der Waals surface area contributed by atoms with Gasteiger partial charge in [0.15, 0.2) is 0 Å². The van der Waals surface area contributed by atoms with Crippen molar-refractivity contribution in [3.05, 3.63) is 54.1 Å². The number of carbonyl (C=O) groups excluding carboxylic acids is 3. The third kappa shape index (κ3) is 4.08. The summed E-state index contributed by atoms with van der Waals surface area (Å²) in [5, 5.41) is 2.82. The Morgan fingerprint density at radius 3 is 2.63 bits per heavy atom. The van der Waals surface area contributed by atoms with Crippen molar-refractivity contribution >= 4 is 29.2 Å². The van der Waals surface area contributed by atoms with Gasteiger partial charge in [0.2, 0.25) is 11.8 Å². The van der Waals surface area contributed by atoms with Crippen LogP contribution in [-0.2, 0) is 14.3 Å². The second kappa shape index (κ2) is 7.90. The summed E-state index contributed by atoms with van der Waals surface area (Å²) in [5.74, 6) is -0.719. The van der Waals surface area contributed by atoms with E-state index in [0.29, 0.717) is 22.7 Å². The number of amides is 2. The van der Waals surface area contributed by atoms with Crippen molar-refractivity contribution in [2.24, 2.45) is 5.92 Å². The number of methoxy groups -OCH3 is 2. The minimum atomic E-state index is -0.481. The molecule has 0 bridgehead atoms. The first-order chi connectivity index (χ1) is 13.0. The molecule has 0 radical (unpaired) electrons. The fourth-order valence-electron chi connectivity index (χ4n) is 3.00. The number of nitrogens with one attached hydrogen (secondary N) is 1. The SMILES string of the molecule is COC(=O)c1cccc(N2CC(C(=O)Nc3cccc(OC)c3)CC2=O)c1. The molecule has 0 aromatic heterocycles. The first-order valence-corrected chi connectivity index (χ1v) is 8.45. The summed E-state index contributed by atoms with van der Waals surface area (Å²) in [6.45, 7) is 0.249. The van der Waals surface area contributed by atoms with Gasteiger partial charge in [-0.05, 0) is 30.3 Å². The average Bonchev–Trinajstić information content (AvgIpc) is 3.09. The lowest BCUT2D eigenvalue weighted by Crippen LogP contribution is -2.28. The monoisotopic (exact) mass is 368 g/mol. The number of carbonyl (C=O) groups is 3. The van der Waals surface area contributed by atoms with Crippen molar-refractivity contribution in [3.8, 4) is 5.75 Å². The highest BCUT2D eigenvalue weighted by Gasteiger charge is 2.35. The van der Waals surface area contributed by atoms with Crippen LogP contribution in [0.3, 0.4) is 0 Å².